The molecular weight excluding hydrogens is 346 g/mol. The number of amides is 1. The van der Waals surface area contributed by atoms with Gasteiger partial charge in [0, 0.05) is 35.1 Å². The molecule has 8 heteroatoms. The summed E-state index contributed by atoms with van der Waals surface area (Å²) < 4.78 is 1.88. The van der Waals surface area contributed by atoms with Gasteiger partial charge >= 0.3 is 5.97 Å². The number of nitrogens with two attached hydrogens (primary N) is 1. The number of hydrogen-bond acceptors (Lipinski definition) is 4. The molecule has 27 heavy (non-hydrogen) atoms. The molecule has 8 nitrogen and oxygen atoms in total. The van der Waals surface area contributed by atoms with Crippen LogP contribution in [-0.2, 0) is 4.79 Å². The Morgan fingerprint density at radius 3 is 2.56 bits per heavy atom. The summed E-state index contributed by atoms with van der Waals surface area (Å²) >= 11 is 0. The second kappa shape index (κ2) is 7.28. The van der Waals surface area contributed by atoms with Gasteiger partial charge < -0.3 is 20.6 Å². The Hall–Kier alpha value is -3.68. The van der Waals surface area contributed by atoms with Gasteiger partial charge in [-0.25, -0.2) is 4.98 Å². The van der Waals surface area contributed by atoms with Crippen LogP contribution in [0.3, 0.4) is 0 Å². The summed E-state index contributed by atoms with van der Waals surface area (Å²) in [7, 11) is 0. The number of nitrogens with one attached hydrogen (secondary N) is 2. The van der Waals surface area contributed by atoms with E-state index >= 15 is 0 Å². The van der Waals surface area contributed by atoms with Gasteiger partial charge in [-0.05, 0) is 19.1 Å². The molecule has 5 N–H and O–H groups in total. The van der Waals surface area contributed by atoms with Gasteiger partial charge in [0.25, 0.3) is 5.91 Å². The molecule has 1 aromatic carbocycles. The highest BCUT2D eigenvalue weighted by molar-refractivity contribution is 5.96. The highest BCUT2D eigenvalue weighted by Gasteiger charge is 2.13. The summed E-state index contributed by atoms with van der Waals surface area (Å²) in [5, 5.41) is 18.7. The molecule has 0 bridgehead atoms. The monoisotopic (exact) mass is 365 g/mol. The van der Waals surface area contributed by atoms with Crippen molar-refractivity contribution in [3.05, 3.63) is 59.4 Å². The summed E-state index contributed by atoms with van der Waals surface area (Å²) in [6, 6.07) is 10.6. The van der Waals surface area contributed by atoms with Crippen molar-refractivity contribution in [1.82, 2.24) is 14.7 Å². The van der Waals surface area contributed by atoms with Gasteiger partial charge in [0.1, 0.15) is 11.5 Å². The molecule has 2 aromatic heterocycles. The largest absolute Gasteiger partial charge is 0.481 e. The molecule has 0 radical (unpaired) electrons. The lowest BCUT2D eigenvalue weighted by Gasteiger charge is -2.04. The highest BCUT2D eigenvalue weighted by Crippen LogP contribution is 2.24. The average Bonchev–Trinajstić information content (AvgIpc) is 2.97. The SMILES string of the molecule is Cc1c(-c2ccc(C(=N)N)cc2)nc2cc(C(=O)NCCC(=O)O)ccn12. The third kappa shape index (κ3) is 3.79. The Balaban J connectivity index is 1.89. The number of amidine groups is 1. The number of pyridine rings is 1. The molecule has 0 saturated carbocycles. The van der Waals surface area contributed by atoms with Crippen molar-refractivity contribution in [3.8, 4) is 11.3 Å². The minimum Gasteiger partial charge on any atom is -0.481 e. The van der Waals surface area contributed by atoms with E-state index in [-0.39, 0.29) is 24.7 Å². The first-order chi connectivity index (χ1) is 12.9. The lowest BCUT2D eigenvalue weighted by Crippen LogP contribution is -2.26. The van der Waals surface area contributed by atoms with Gasteiger partial charge in [-0.2, -0.15) is 0 Å². The van der Waals surface area contributed by atoms with Crippen molar-refractivity contribution in [2.75, 3.05) is 6.54 Å². The number of benzene rings is 1. The Bertz CT molecular complexity index is 1040. The fourth-order valence-corrected chi connectivity index (χ4v) is 2.77. The summed E-state index contributed by atoms with van der Waals surface area (Å²) in [5.41, 5.74) is 9.72. The second-order valence-corrected chi connectivity index (χ2v) is 6.08. The number of nitrogen functional groups attached to an aromatic ring is 1. The van der Waals surface area contributed by atoms with Crippen LogP contribution < -0.4 is 11.1 Å². The van der Waals surface area contributed by atoms with E-state index in [2.05, 4.69) is 10.3 Å². The van der Waals surface area contributed by atoms with Crippen LogP contribution in [0.2, 0.25) is 0 Å². The molecule has 0 aliphatic carbocycles. The predicted octanol–water partition coefficient (Wildman–Crippen LogP) is 1.80. The third-order valence-electron chi connectivity index (χ3n) is 4.22. The zero-order valence-corrected chi connectivity index (χ0v) is 14.7. The first-order valence-corrected chi connectivity index (χ1v) is 8.30. The summed E-state index contributed by atoms with van der Waals surface area (Å²) in [4.78, 5) is 27.3. The number of hydrogen-bond donors (Lipinski definition) is 4. The van der Waals surface area contributed by atoms with Crippen LogP contribution in [0.25, 0.3) is 16.9 Å². The molecule has 0 spiro atoms. The average molecular weight is 365 g/mol. The number of imidazole rings is 1. The fraction of sp³-hybridized carbons (Fsp3) is 0.158. The second-order valence-electron chi connectivity index (χ2n) is 6.08. The van der Waals surface area contributed by atoms with Crippen LogP contribution in [-0.4, -0.2) is 38.7 Å². The number of nitrogens with zero attached hydrogens (tertiary/aromatic N) is 2. The summed E-state index contributed by atoms with van der Waals surface area (Å²) in [6.45, 7) is 2.00. The van der Waals surface area contributed by atoms with Gasteiger partial charge in [-0.15, -0.1) is 0 Å². The molecule has 2 heterocycles. The van der Waals surface area contributed by atoms with Crippen LogP contribution in [0.5, 0.6) is 0 Å². The minimum absolute atomic E-state index is 0.00632. The molecule has 3 rings (SSSR count). The number of carboxylic acids is 1. The van der Waals surface area contributed by atoms with Gasteiger partial charge in [-0.3, -0.25) is 15.0 Å². The first-order valence-electron chi connectivity index (χ1n) is 8.30. The van der Waals surface area contributed by atoms with E-state index in [1.54, 1.807) is 30.5 Å². The molecule has 0 unspecified atom stereocenters. The van der Waals surface area contributed by atoms with Crippen molar-refractivity contribution in [3.63, 3.8) is 0 Å². The first kappa shape index (κ1) is 18.1. The number of aryl methyl sites for hydroxylation is 1. The van der Waals surface area contributed by atoms with Crippen molar-refractivity contribution in [2.45, 2.75) is 13.3 Å². The highest BCUT2D eigenvalue weighted by atomic mass is 16.4. The molecule has 0 atom stereocenters. The number of aromatic nitrogens is 2. The zero-order valence-electron chi connectivity index (χ0n) is 14.7. The fourth-order valence-electron chi connectivity index (χ4n) is 2.77. The van der Waals surface area contributed by atoms with E-state index < -0.39 is 5.97 Å². The summed E-state index contributed by atoms with van der Waals surface area (Å²) in [5.74, 6) is -1.30. The molecule has 0 saturated heterocycles. The smallest absolute Gasteiger partial charge is 0.305 e. The number of carbonyl (C=O) groups is 2. The van der Waals surface area contributed by atoms with E-state index in [0.717, 1.165) is 17.0 Å². The van der Waals surface area contributed by atoms with Gasteiger partial charge in [-0.1, -0.05) is 24.3 Å². The number of carboxylic acid groups (broad SMARTS) is 1. The number of carbonyl (C=O) groups excluding carboxylic acids is 1. The molecular formula is C19H19N5O3. The topological polar surface area (TPSA) is 134 Å². The summed E-state index contributed by atoms with van der Waals surface area (Å²) in [6.07, 6.45) is 1.63. The van der Waals surface area contributed by atoms with E-state index in [1.807, 2.05) is 23.5 Å². The molecule has 0 aliphatic rings. The Morgan fingerprint density at radius 2 is 1.93 bits per heavy atom. The van der Waals surface area contributed by atoms with Crippen molar-refractivity contribution < 1.29 is 14.7 Å². The van der Waals surface area contributed by atoms with Crippen molar-refractivity contribution in [2.24, 2.45) is 5.73 Å². The third-order valence-corrected chi connectivity index (χ3v) is 4.22. The number of aliphatic carboxylic acids is 1. The van der Waals surface area contributed by atoms with Crippen molar-refractivity contribution in [1.29, 1.82) is 5.41 Å². The predicted molar refractivity (Wildman–Crippen MR) is 101 cm³/mol. The molecule has 3 aromatic rings. The van der Waals surface area contributed by atoms with E-state index in [1.165, 1.54) is 0 Å². The maximum Gasteiger partial charge on any atom is 0.305 e. The van der Waals surface area contributed by atoms with Gasteiger partial charge in [0.2, 0.25) is 0 Å². The van der Waals surface area contributed by atoms with E-state index in [4.69, 9.17) is 16.2 Å². The molecule has 138 valence electrons. The quantitative estimate of drug-likeness (QED) is 0.390. The Morgan fingerprint density at radius 1 is 1.22 bits per heavy atom. The maximum atomic E-state index is 12.2. The Kier molecular flexibility index (Phi) is 4.89. The normalized spacial score (nSPS) is 10.7. The number of rotatable bonds is 6. The standard InChI is InChI=1S/C19H19N5O3/c1-11-17(12-2-4-13(5-3-12)18(20)21)23-15-10-14(7-9-24(11)15)19(27)22-8-6-16(25)26/h2-5,7,9-10H,6,8H2,1H3,(H3,20,21)(H,22,27)(H,25,26). The van der Waals surface area contributed by atoms with Crippen LogP contribution in [0.4, 0.5) is 0 Å². The Labute approximate surface area is 155 Å². The zero-order chi connectivity index (χ0) is 19.6. The van der Waals surface area contributed by atoms with E-state index in [9.17, 15) is 9.59 Å². The minimum atomic E-state index is -0.963. The molecule has 1 amide bonds. The lowest BCUT2D eigenvalue weighted by atomic mass is 10.1. The van der Waals surface area contributed by atoms with E-state index in [0.29, 0.717) is 16.8 Å². The van der Waals surface area contributed by atoms with Crippen LogP contribution in [0.15, 0.2) is 42.6 Å². The molecule has 0 fully saturated rings. The van der Waals surface area contributed by atoms with Crippen LogP contribution >= 0.6 is 0 Å². The van der Waals surface area contributed by atoms with Gasteiger partial charge in [0.05, 0.1) is 12.1 Å². The lowest BCUT2D eigenvalue weighted by molar-refractivity contribution is -0.136. The maximum absolute atomic E-state index is 12.2. The molecule has 0 aliphatic heterocycles. The van der Waals surface area contributed by atoms with Crippen LogP contribution in [0.1, 0.15) is 28.0 Å². The van der Waals surface area contributed by atoms with Gasteiger partial charge in [0.15, 0.2) is 0 Å². The van der Waals surface area contributed by atoms with Crippen molar-refractivity contribution >= 4 is 23.4 Å². The van der Waals surface area contributed by atoms with Crippen LogP contribution in [0, 0.1) is 12.3 Å². The number of fused-ring (bicyclic) bond motifs is 1.